The summed E-state index contributed by atoms with van der Waals surface area (Å²) in [6, 6.07) is 6.28. The molecule has 2 aromatic rings. The van der Waals surface area contributed by atoms with Crippen LogP contribution in [0.3, 0.4) is 0 Å². The van der Waals surface area contributed by atoms with Gasteiger partial charge < -0.3 is 4.57 Å². The summed E-state index contributed by atoms with van der Waals surface area (Å²) in [6.07, 6.45) is 1.48. The van der Waals surface area contributed by atoms with Crippen molar-refractivity contribution in [2.45, 2.75) is 13.8 Å². The Morgan fingerprint density at radius 3 is 2.42 bits per heavy atom. The van der Waals surface area contributed by atoms with Crippen LogP contribution in [0.15, 0.2) is 29.8 Å². The molecule has 26 heavy (non-hydrogen) atoms. The summed E-state index contributed by atoms with van der Waals surface area (Å²) in [5.41, 5.74) is 2.97. The second kappa shape index (κ2) is 6.63. The van der Waals surface area contributed by atoms with Crippen molar-refractivity contribution in [3.8, 4) is 5.69 Å². The van der Waals surface area contributed by atoms with E-state index >= 15 is 0 Å². The molecule has 6 nitrogen and oxygen atoms in total. The topological polar surface area (TPSA) is 71.4 Å². The molecule has 1 saturated heterocycles. The maximum Gasteiger partial charge on any atom is 0.331 e. The number of hydrogen-bond acceptors (Lipinski definition) is 3. The van der Waals surface area contributed by atoms with E-state index in [0.29, 0.717) is 15.6 Å². The van der Waals surface area contributed by atoms with Gasteiger partial charge in [0.05, 0.1) is 10.7 Å². The number of nitrogens with zero attached hydrogens (tertiary/aromatic N) is 2. The van der Waals surface area contributed by atoms with E-state index in [9.17, 15) is 14.4 Å². The first kappa shape index (κ1) is 18.2. The van der Waals surface area contributed by atoms with E-state index in [1.807, 2.05) is 24.5 Å². The molecule has 0 bridgehead atoms. The quantitative estimate of drug-likeness (QED) is 0.628. The standard InChI is InChI=1S/C18H15Cl2N3O3/c1-9-6-11(7-13-16(24)21-18(26)22(3)17(13)25)10(2)23(9)15-5-4-12(19)8-14(15)20/h4-8H,1-3H3,(H,21,24,26)/b13-7-. The molecule has 0 radical (unpaired) electrons. The lowest BCUT2D eigenvalue weighted by Crippen LogP contribution is -2.52. The number of nitrogens with one attached hydrogen (secondary N) is 1. The molecule has 4 amide bonds. The number of rotatable bonds is 2. The number of urea groups is 1. The summed E-state index contributed by atoms with van der Waals surface area (Å²) in [7, 11) is 1.31. The second-order valence-corrected chi connectivity index (χ2v) is 6.78. The average molecular weight is 392 g/mol. The highest BCUT2D eigenvalue weighted by Crippen LogP contribution is 2.29. The number of likely N-dealkylation sites (N-methyl/N-ethyl adjacent to an activating group) is 1. The second-order valence-electron chi connectivity index (χ2n) is 5.94. The zero-order chi connectivity index (χ0) is 19.2. The largest absolute Gasteiger partial charge is 0.331 e. The predicted octanol–water partition coefficient (Wildman–Crippen LogP) is 3.49. The number of amides is 4. The van der Waals surface area contributed by atoms with Crippen LogP contribution in [0.2, 0.25) is 10.0 Å². The van der Waals surface area contributed by atoms with Crippen LogP contribution in [-0.2, 0) is 9.59 Å². The molecule has 1 aromatic heterocycles. The van der Waals surface area contributed by atoms with Crippen LogP contribution in [0, 0.1) is 13.8 Å². The van der Waals surface area contributed by atoms with E-state index in [2.05, 4.69) is 5.32 Å². The highest BCUT2D eigenvalue weighted by molar-refractivity contribution is 6.35. The summed E-state index contributed by atoms with van der Waals surface area (Å²) < 4.78 is 1.91. The summed E-state index contributed by atoms with van der Waals surface area (Å²) in [5.74, 6) is -1.36. The SMILES string of the molecule is Cc1cc(/C=C2/C(=O)NC(=O)N(C)C2=O)c(C)n1-c1ccc(Cl)cc1Cl. The van der Waals surface area contributed by atoms with Crippen LogP contribution in [-0.4, -0.2) is 34.4 Å². The number of barbiturate groups is 1. The van der Waals surface area contributed by atoms with E-state index in [1.54, 1.807) is 18.2 Å². The van der Waals surface area contributed by atoms with Gasteiger partial charge in [-0.3, -0.25) is 19.8 Å². The van der Waals surface area contributed by atoms with E-state index in [-0.39, 0.29) is 5.57 Å². The average Bonchev–Trinajstić information content (AvgIpc) is 2.84. The molecule has 3 rings (SSSR count). The van der Waals surface area contributed by atoms with Gasteiger partial charge in [-0.05, 0) is 49.8 Å². The van der Waals surface area contributed by atoms with Crippen LogP contribution < -0.4 is 5.32 Å². The highest BCUT2D eigenvalue weighted by atomic mass is 35.5. The minimum absolute atomic E-state index is 0.102. The molecule has 1 aromatic carbocycles. The van der Waals surface area contributed by atoms with Crippen molar-refractivity contribution >= 4 is 47.1 Å². The Balaban J connectivity index is 2.10. The fourth-order valence-electron chi connectivity index (χ4n) is 2.87. The Hall–Kier alpha value is -2.57. The number of hydrogen-bond donors (Lipinski definition) is 1. The van der Waals surface area contributed by atoms with Crippen LogP contribution in [0.4, 0.5) is 4.79 Å². The van der Waals surface area contributed by atoms with Gasteiger partial charge in [-0.1, -0.05) is 23.2 Å². The molecule has 1 aliphatic rings. The van der Waals surface area contributed by atoms with Crippen molar-refractivity contribution in [1.29, 1.82) is 0 Å². The van der Waals surface area contributed by atoms with Crippen molar-refractivity contribution in [2.75, 3.05) is 7.05 Å². The third kappa shape index (κ3) is 3.02. The van der Waals surface area contributed by atoms with Gasteiger partial charge in [0.1, 0.15) is 5.57 Å². The van der Waals surface area contributed by atoms with Crippen LogP contribution in [0.5, 0.6) is 0 Å². The highest BCUT2D eigenvalue weighted by Gasteiger charge is 2.33. The molecule has 0 aliphatic carbocycles. The van der Waals surface area contributed by atoms with Gasteiger partial charge >= 0.3 is 6.03 Å². The summed E-state index contributed by atoms with van der Waals surface area (Å²) in [6.45, 7) is 3.74. The molecular formula is C18H15Cl2N3O3. The lowest BCUT2D eigenvalue weighted by molar-refractivity contribution is -0.129. The van der Waals surface area contributed by atoms with E-state index in [0.717, 1.165) is 22.0 Å². The molecule has 2 heterocycles. The molecular weight excluding hydrogens is 377 g/mol. The van der Waals surface area contributed by atoms with Gasteiger partial charge in [0.2, 0.25) is 0 Å². The zero-order valence-corrected chi connectivity index (χ0v) is 15.8. The number of carbonyl (C=O) groups excluding carboxylic acids is 3. The van der Waals surface area contributed by atoms with E-state index < -0.39 is 17.8 Å². The number of benzene rings is 1. The molecule has 0 unspecified atom stereocenters. The fraction of sp³-hybridized carbons (Fsp3) is 0.167. The zero-order valence-electron chi connectivity index (χ0n) is 14.3. The van der Waals surface area contributed by atoms with Crippen molar-refractivity contribution < 1.29 is 14.4 Å². The van der Waals surface area contributed by atoms with E-state index in [1.165, 1.54) is 13.1 Å². The normalized spacial score (nSPS) is 16.4. The molecule has 1 fully saturated rings. The first-order chi connectivity index (χ1) is 12.2. The Morgan fingerprint density at radius 2 is 1.77 bits per heavy atom. The minimum Gasteiger partial charge on any atom is -0.316 e. The van der Waals surface area contributed by atoms with Gasteiger partial charge in [-0.2, -0.15) is 0 Å². The third-order valence-electron chi connectivity index (χ3n) is 4.23. The monoisotopic (exact) mass is 391 g/mol. The van der Waals surface area contributed by atoms with Crippen molar-refractivity contribution in [1.82, 2.24) is 14.8 Å². The first-order valence-electron chi connectivity index (χ1n) is 7.70. The lowest BCUT2D eigenvalue weighted by Gasteiger charge is -2.22. The van der Waals surface area contributed by atoms with Crippen LogP contribution >= 0.6 is 23.2 Å². The lowest BCUT2D eigenvalue weighted by atomic mass is 10.1. The molecule has 0 atom stereocenters. The molecule has 8 heteroatoms. The predicted molar refractivity (Wildman–Crippen MR) is 99.5 cm³/mol. The maximum atomic E-state index is 12.2. The Kier molecular flexibility index (Phi) is 4.64. The fourth-order valence-corrected chi connectivity index (χ4v) is 3.36. The Labute approximate surface area is 160 Å². The Bertz CT molecular complexity index is 992. The van der Waals surface area contributed by atoms with Gasteiger partial charge in [0.25, 0.3) is 11.8 Å². The maximum absolute atomic E-state index is 12.2. The van der Waals surface area contributed by atoms with Gasteiger partial charge in [-0.25, -0.2) is 4.79 Å². The number of aryl methyl sites for hydroxylation is 1. The summed E-state index contributed by atoms with van der Waals surface area (Å²) >= 11 is 12.3. The molecule has 1 aliphatic heterocycles. The number of carbonyl (C=O) groups is 3. The number of imide groups is 2. The number of aromatic nitrogens is 1. The van der Waals surface area contributed by atoms with Crippen molar-refractivity contribution in [3.63, 3.8) is 0 Å². The molecule has 134 valence electrons. The van der Waals surface area contributed by atoms with Crippen LogP contribution in [0.1, 0.15) is 17.0 Å². The molecule has 0 spiro atoms. The van der Waals surface area contributed by atoms with Crippen molar-refractivity contribution in [2.24, 2.45) is 0 Å². The summed E-state index contributed by atoms with van der Waals surface area (Å²) in [5, 5.41) is 3.14. The Morgan fingerprint density at radius 1 is 1.08 bits per heavy atom. The first-order valence-corrected chi connectivity index (χ1v) is 8.45. The third-order valence-corrected chi connectivity index (χ3v) is 4.76. The number of halogens is 2. The van der Waals surface area contributed by atoms with Crippen molar-refractivity contribution in [3.05, 3.63) is 56.8 Å². The molecule has 1 N–H and O–H groups in total. The molecule has 0 saturated carbocycles. The van der Waals surface area contributed by atoms with Gasteiger partial charge in [0.15, 0.2) is 0 Å². The minimum atomic E-state index is -0.740. The van der Waals surface area contributed by atoms with Crippen LogP contribution in [0.25, 0.3) is 11.8 Å². The summed E-state index contributed by atoms with van der Waals surface area (Å²) in [4.78, 5) is 36.7. The van der Waals surface area contributed by atoms with Gasteiger partial charge in [-0.15, -0.1) is 0 Å². The smallest absolute Gasteiger partial charge is 0.316 e. The van der Waals surface area contributed by atoms with Gasteiger partial charge in [0, 0.05) is 23.5 Å². The van der Waals surface area contributed by atoms with E-state index in [4.69, 9.17) is 23.2 Å².